The molecule has 1 saturated carbocycles. The summed E-state index contributed by atoms with van der Waals surface area (Å²) in [6, 6.07) is 0.662. The maximum atomic E-state index is 9.64. The molecule has 2 aliphatic rings. The summed E-state index contributed by atoms with van der Waals surface area (Å²) < 4.78 is 0. The fourth-order valence-corrected chi connectivity index (χ4v) is 3.03. The van der Waals surface area contributed by atoms with Gasteiger partial charge < -0.3 is 20.2 Å². The maximum Gasteiger partial charge on any atom is 0.0611 e. The van der Waals surface area contributed by atoms with Crippen LogP contribution in [0.2, 0.25) is 0 Å². The van der Waals surface area contributed by atoms with Crippen molar-refractivity contribution < 1.29 is 5.11 Å². The Bertz CT molecular complexity index is 285. The van der Waals surface area contributed by atoms with Crippen molar-refractivity contribution in [1.29, 1.82) is 0 Å². The molecule has 1 aliphatic heterocycles. The molecule has 2 fully saturated rings. The first-order valence-electron chi connectivity index (χ1n) is 8.34. The number of hydrogen-bond donors (Lipinski definition) is 2. The van der Waals surface area contributed by atoms with E-state index < -0.39 is 0 Å². The Balaban J connectivity index is 1.66. The summed E-state index contributed by atoms with van der Waals surface area (Å²) in [6.45, 7) is 14.1. The molecule has 0 aromatic heterocycles. The fraction of sp³-hybridized carbons (Fsp3) is 1.00. The van der Waals surface area contributed by atoms with E-state index >= 15 is 0 Å². The molecule has 1 saturated heterocycles. The highest BCUT2D eigenvalue weighted by atomic mass is 16.3. The van der Waals surface area contributed by atoms with Crippen LogP contribution < -0.4 is 5.32 Å². The summed E-state index contributed by atoms with van der Waals surface area (Å²) >= 11 is 0. The van der Waals surface area contributed by atoms with Gasteiger partial charge in [-0.05, 0) is 32.1 Å². The molecule has 4 heteroatoms. The summed E-state index contributed by atoms with van der Waals surface area (Å²) in [4.78, 5) is 5.13. The average Bonchev–Trinajstić information content (AvgIpc) is 3.21. The third kappa shape index (κ3) is 5.32. The molecule has 0 radical (unpaired) electrons. The van der Waals surface area contributed by atoms with Crippen molar-refractivity contribution in [3.63, 3.8) is 0 Å². The zero-order chi connectivity index (χ0) is 14.6. The highest BCUT2D eigenvalue weighted by Crippen LogP contribution is 2.24. The second kappa shape index (κ2) is 7.21. The van der Waals surface area contributed by atoms with E-state index in [2.05, 4.69) is 35.9 Å². The number of nitrogens with zero attached hydrogens (tertiary/aromatic N) is 2. The van der Waals surface area contributed by atoms with Gasteiger partial charge in [0.25, 0.3) is 0 Å². The van der Waals surface area contributed by atoms with E-state index in [1.54, 1.807) is 0 Å². The zero-order valence-corrected chi connectivity index (χ0v) is 13.6. The van der Waals surface area contributed by atoms with Gasteiger partial charge in [0.1, 0.15) is 0 Å². The van der Waals surface area contributed by atoms with Crippen LogP contribution in [0, 0.1) is 5.92 Å². The molecule has 0 aromatic rings. The molecule has 4 nitrogen and oxygen atoms in total. The minimum Gasteiger partial charge on any atom is -0.394 e. The van der Waals surface area contributed by atoms with Crippen molar-refractivity contribution in [1.82, 2.24) is 15.1 Å². The molecule has 0 amide bonds. The molecular weight excluding hydrogens is 250 g/mol. The van der Waals surface area contributed by atoms with Crippen LogP contribution in [0.1, 0.15) is 40.0 Å². The van der Waals surface area contributed by atoms with E-state index in [4.69, 9.17) is 0 Å². The molecule has 0 bridgehead atoms. The molecule has 20 heavy (non-hydrogen) atoms. The first-order chi connectivity index (χ1) is 9.50. The van der Waals surface area contributed by atoms with Crippen LogP contribution in [-0.2, 0) is 0 Å². The molecule has 1 aliphatic carbocycles. The lowest BCUT2D eigenvalue weighted by molar-refractivity contribution is 0.0996. The van der Waals surface area contributed by atoms with E-state index in [0.717, 1.165) is 18.9 Å². The largest absolute Gasteiger partial charge is 0.394 e. The molecule has 1 unspecified atom stereocenters. The van der Waals surface area contributed by atoms with Gasteiger partial charge in [0.15, 0.2) is 0 Å². The minimum atomic E-state index is -0.0871. The highest BCUT2D eigenvalue weighted by molar-refractivity contribution is 4.93. The lowest BCUT2D eigenvalue weighted by atomic mass is 9.98. The van der Waals surface area contributed by atoms with Crippen LogP contribution in [0.25, 0.3) is 0 Å². The first-order valence-corrected chi connectivity index (χ1v) is 8.34. The van der Waals surface area contributed by atoms with E-state index in [1.807, 2.05) is 0 Å². The zero-order valence-electron chi connectivity index (χ0n) is 13.6. The Hall–Kier alpha value is -0.160. The van der Waals surface area contributed by atoms with Gasteiger partial charge in [-0.3, -0.25) is 0 Å². The molecule has 1 atom stereocenters. The van der Waals surface area contributed by atoms with Gasteiger partial charge in [-0.25, -0.2) is 0 Å². The number of rotatable bonds is 8. The lowest BCUT2D eigenvalue weighted by Gasteiger charge is -2.37. The Morgan fingerprint density at radius 1 is 1.15 bits per heavy atom. The Morgan fingerprint density at radius 2 is 1.75 bits per heavy atom. The quantitative estimate of drug-likeness (QED) is 0.701. The van der Waals surface area contributed by atoms with Crippen molar-refractivity contribution >= 4 is 0 Å². The minimum absolute atomic E-state index is 0.0871. The third-order valence-corrected chi connectivity index (χ3v) is 4.55. The van der Waals surface area contributed by atoms with Gasteiger partial charge in [0.05, 0.1) is 6.61 Å². The molecular formula is C16H33N3O. The lowest BCUT2D eigenvalue weighted by Crippen LogP contribution is -2.52. The van der Waals surface area contributed by atoms with Crippen molar-refractivity contribution in [2.45, 2.75) is 51.6 Å². The SMILES string of the molecule is CC(C)CN1CCN(CCC(C)(CO)NC2CC2)CC1. The first kappa shape index (κ1) is 16.2. The summed E-state index contributed by atoms with van der Waals surface area (Å²) in [7, 11) is 0. The Labute approximate surface area is 124 Å². The molecule has 0 spiro atoms. The molecule has 1 heterocycles. The summed E-state index contributed by atoms with van der Waals surface area (Å²) in [6.07, 6.45) is 3.61. The third-order valence-electron chi connectivity index (χ3n) is 4.55. The monoisotopic (exact) mass is 283 g/mol. The van der Waals surface area contributed by atoms with Crippen molar-refractivity contribution in [2.75, 3.05) is 45.9 Å². The predicted molar refractivity (Wildman–Crippen MR) is 84.0 cm³/mol. The number of nitrogens with one attached hydrogen (secondary N) is 1. The fourth-order valence-electron chi connectivity index (χ4n) is 3.03. The van der Waals surface area contributed by atoms with Crippen LogP contribution in [0.5, 0.6) is 0 Å². The Kier molecular flexibility index (Phi) is 5.84. The molecule has 118 valence electrons. The van der Waals surface area contributed by atoms with Crippen LogP contribution in [0.4, 0.5) is 0 Å². The molecule has 0 aromatic carbocycles. The highest BCUT2D eigenvalue weighted by Gasteiger charge is 2.32. The van der Waals surface area contributed by atoms with Crippen LogP contribution in [0.3, 0.4) is 0 Å². The number of aliphatic hydroxyl groups is 1. The number of aliphatic hydroxyl groups excluding tert-OH is 1. The normalized spacial score (nSPS) is 25.1. The predicted octanol–water partition coefficient (Wildman–Crippen LogP) is 1.15. The van der Waals surface area contributed by atoms with Gasteiger partial charge in [-0.2, -0.15) is 0 Å². The average molecular weight is 283 g/mol. The summed E-state index contributed by atoms with van der Waals surface area (Å²) in [5.41, 5.74) is -0.0871. The summed E-state index contributed by atoms with van der Waals surface area (Å²) in [5.74, 6) is 0.766. The Morgan fingerprint density at radius 3 is 2.25 bits per heavy atom. The van der Waals surface area contributed by atoms with Gasteiger partial charge in [-0.15, -0.1) is 0 Å². The van der Waals surface area contributed by atoms with E-state index in [1.165, 1.54) is 45.6 Å². The van der Waals surface area contributed by atoms with Crippen LogP contribution in [-0.4, -0.2) is 72.4 Å². The van der Waals surface area contributed by atoms with Crippen molar-refractivity contribution in [3.8, 4) is 0 Å². The van der Waals surface area contributed by atoms with Gasteiger partial charge in [0, 0.05) is 50.8 Å². The van der Waals surface area contributed by atoms with E-state index in [9.17, 15) is 5.11 Å². The van der Waals surface area contributed by atoms with E-state index in [-0.39, 0.29) is 12.1 Å². The van der Waals surface area contributed by atoms with Gasteiger partial charge >= 0.3 is 0 Å². The van der Waals surface area contributed by atoms with Crippen molar-refractivity contribution in [3.05, 3.63) is 0 Å². The summed E-state index contributed by atoms with van der Waals surface area (Å²) in [5, 5.41) is 13.2. The smallest absolute Gasteiger partial charge is 0.0611 e. The molecule has 2 N–H and O–H groups in total. The number of hydrogen-bond acceptors (Lipinski definition) is 4. The second-order valence-electron chi connectivity index (χ2n) is 7.42. The van der Waals surface area contributed by atoms with Crippen LogP contribution >= 0.6 is 0 Å². The van der Waals surface area contributed by atoms with E-state index in [0.29, 0.717) is 6.04 Å². The standard InChI is InChI=1S/C16H33N3O/c1-14(2)12-19-10-8-18(9-11-19)7-6-16(3,13-20)17-15-4-5-15/h14-15,17,20H,4-13H2,1-3H3. The van der Waals surface area contributed by atoms with Gasteiger partial charge in [-0.1, -0.05) is 13.8 Å². The maximum absolute atomic E-state index is 9.64. The van der Waals surface area contributed by atoms with Gasteiger partial charge in [0.2, 0.25) is 0 Å². The van der Waals surface area contributed by atoms with Crippen molar-refractivity contribution in [2.24, 2.45) is 5.92 Å². The topological polar surface area (TPSA) is 38.7 Å². The molecule has 2 rings (SSSR count). The van der Waals surface area contributed by atoms with Crippen LogP contribution in [0.15, 0.2) is 0 Å². The second-order valence-corrected chi connectivity index (χ2v) is 7.42. The number of piperazine rings is 1.